The van der Waals surface area contributed by atoms with Crippen LogP contribution in [0.3, 0.4) is 0 Å². The smallest absolute Gasteiger partial charge is 0.247 e. The first-order valence-electron chi connectivity index (χ1n) is 8.11. The summed E-state index contributed by atoms with van der Waals surface area (Å²) in [5.41, 5.74) is 2.37. The Bertz CT molecular complexity index is 1110. The second kappa shape index (κ2) is 8.60. The molecule has 4 aromatic rings. The normalized spacial score (nSPS) is 10.0. The summed E-state index contributed by atoms with van der Waals surface area (Å²) in [4.78, 5) is 15.6. The van der Waals surface area contributed by atoms with E-state index in [4.69, 9.17) is 6.42 Å². The van der Waals surface area contributed by atoms with Crippen LogP contribution in [-0.4, -0.2) is 30.1 Å². The zero-order valence-electron chi connectivity index (χ0n) is 14.9. The lowest BCUT2D eigenvalue weighted by Gasteiger charge is -2.10. The quantitative estimate of drug-likeness (QED) is 0.263. The summed E-state index contributed by atoms with van der Waals surface area (Å²) in [6.07, 6.45) is 5.62. The Morgan fingerprint density at radius 1 is 1.00 bits per heavy atom. The molecule has 2 aromatic carbocycles. The van der Waals surface area contributed by atoms with Crippen LogP contribution in [0.2, 0.25) is 0 Å². The second-order valence-corrected chi connectivity index (χ2v) is 5.47. The van der Waals surface area contributed by atoms with E-state index in [1.54, 1.807) is 0 Å². The van der Waals surface area contributed by atoms with Crippen LogP contribution in [0.25, 0.3) is 22.3 Å². The van der Waals surface area contributed by atoms with Crippen molar-refractivity contribution in [3.63, 3.8) is 0 Å². The van der Waals surface area contributed by atoms with Crippen LogP contribution in [-0.2, 0) is 0 Å². The Morgan fingerprint density at radius 2 is 1.74 bits per heavy atom. The van der Waals surface area contributed by atoms with E-state index in [1.807, 2.05) is 60.4 Å². The average molecular weight is 468 g/mol. The maximum Gasteiger partial charge on any atom is 0.247 e. The number of para-hydroxylation sites is 1. The average Bonchev–Trinajstić information content (AvgIpc) is 3.14. The Balaban J connectivity index is 0.00000102. The zero-order chi connectivity index (χ0) is 19.2. The third-order valence-corrected chi connectivity index (χ3v) is 3.75. The van der Waals surface area contributed by atoms with E-state index in [0.29, 0.717) is 17.6 Å². The Hall–Kier alpha value is -2.99. The molecule has 0 bridgehead atoms. The van der Waals surface area contributed by atoms with E-state index < -0.39 is 0 Å². The van der Waals surface area contributed by atoms with Gasteiger partial charge in [0.05, 0.1) is 5.52 Å². The number of H-pyrrole nitrogens is 1. The van der Waals surface area contributed by atoms with Crippen LogP contribution in [0, 0.1) is 19.3 Å². The number of rotatable bonds is 3. The molecule has 2 aromatic heterocycles. The summed E-state index contributed by atoms with van der Waals surface area (Å²) in [5.74, 6) is 5.05. The minimum atomic E-state index is 0.456. The first-order valence-corrected chi connectivity index (χ1v) is 10.3. The fourth-order valence-electron chi connectivity index (χ4n) is 2.60. The molecule has 2 heterocycles. The lowest BCUT2D eigenvalue weighted by molar-refractivity contribution is 1.04. The number of aromatic nitrogens is 5. The number of terminal acetylenes is 1. The maximum atomic E-state index is 5.62. The molecule has 0 fully saturated rings. The highest BCUT2D eigenvalue weighted by atomic mass is 127. The molecule has 4 rings (SSSR count). The summed E-state index contributed by atoms with van der Waals surface area (Å²) in [7, 11) is 0. The number of benzene rings is 2. The number of hydrogen-bond donors (Lipinski definition) is 2. The first kappa shape index (κ1) is 18.8. The molecule has 0 saturated carbocycles. The van der Waals surface area contributed by atoms with Gasteiger partial charge in [0.25, 0.3) is 0 Å². The minimum absolute atomic E-state index is 0.456. The van der Waals surface area contributed by atoms with Crippen molar-refractivity contribution in [2.24, 2.45) is 0 Å². The van der Waals surface area contributed by atoms with Gasteiger partial charge < -0.3 is 5.32 Å². The minimum Gasteiger partial charge on any atom is -0.307 e. The van der Waals surface area contributed by atoms with Crippen molar-refractivity contribution in [1.29, 1.82) is 0 Å². The highest BCUT2D eigenvalue weighted by Gasteiger charge is 2.13. The lowest BCUT2D eigenvalue weighted by Crippen LogP contribution is -2.01. The summed E-state index contributed by atoms with van der Waals surface area (Å²) in [5, 5.41) is 11.0. The Labute approximate surface area is 171 Å². The molecule has 0 aliphatic carbocycles. The van der Waals surface area contributed by atoms with E-state index in [1.165, 1.54) is 0 Å². The lowest BCUT2D eigenvalue weighted by atomic mass is 10.1. The summed E-state index contributed by atoms with van der Waals surface area (Å²) >= 11 is 2.15. The van der Waals surface area contributed by atoms with Crippen molar-refractivity contribution in [2.75, 3.05) is 10.2 Å². The van der Waals surface area contributed by atoms with Gasteiger partial charge in [0, 0.05) is 16.5 Å². The molecule has 6 nitrogen and oxygen atoms in total. The van der Waals surface area contributed by atoms with Crippen LogP contribution >= 0.6 is 22.6 Å². The number of anilines is 2. The summed E-state index contributed by atoms with van der Waals surface area (Å²) in [6, 6.07) is 15.4. The molecule has 27 heavy (non-hydrogen) atoms. The van der Waals surface area contributed by atoms with Gasteiger partial charge in [-0.2, -0.15) is 4.98 Å². The molecular formula is C20H17IN6. The molecule has 0 radical (unpaired) electrons. The topological polar surface area (TPSA) is 79.4 Å². The zero-order valence-corrected chi connectivity index (χ0v) is 17.0. The van der Waals surface area contributed by atoms with Gasteiger partial charge in [0.2, 0.25) is 5.95 Å². The van der Waals surface area contributed by atoms with Crippen LogP contribution < -0.4 is 5.32 Å². The first-order chi connectivity index (χ1) is 13.2. The van der Waals surface area contributed by atoms with Crippen molar-refractivity contribution in [2.45, 2.75) is 6.92 Å². The van der Waals surface area contributed by atoms with Crippen molar-refractivity contribution in [1.82, 2.24) is 25.1 Å². The van der Waals surface area contributed by atoms with Gasteiger partial charge in [-0.05, 0) is 36.1 Å². The monoisotopic (exact) mass is 468 g/mol. The fraction of sp³-hybridized carbons (Fsp3) is 0.100. The molecule has 0 aliphatic heterocycles. The predicted octanol–water partition coefficient (Wildman–Crippen LogP) is 4.50. The highest BCUT2D eigenvalue weighted by Crippen LogP contribution is 2.27. The summed E-state index contributed by atoms with van der Waals surface area (Å²) in [6.45, 7) is 1.84. The van der Waals surface area contributed by atoms with Crippen LogP contribution in [0.1, 0.15) is 11.4 Å². The molecule has 134 valence electrons. The van der Waals surface area contributed by atoms with E-state index >= 15 is 0 Å². The van der Waals surface area contributed by atoms with Gasteiger partial charge in [-0.15, -0.1) is 11.5 Å². The van der Waals surface area contributed by atoms with Crippen LogP contribution in [0.4, 0.5) is 11.8 Å². The van der Waals surface area contributed by atoms with Gasteiger partial charge in [0.1, 0.15) is 11.6 Å². The van der Waals surface area contributed by atoms with E-state index in [2.05, 4.69) is 59.0 Å². The molecule has 0 unspecified atom stereocenters. The number of hydrogen-bond acceptors (Lipinski definition) is 5. The molecule has 0 saturated heterocycles. The molecule has 0 amide bonds. The number of halogens is 1. The maximum absolute atomic E-state index is 5.62. The van der Waals surface area contributed by atoms with Gasteiger partial charge in [0.15, 0.2) is 5.82 Å². The number of aromatic amines is 1. The summed E-state index contributed by atoms with van der Waals surface area (Å²) < 4.78 is 0. The van der Waals surface area contributed by atoms with E-state index in [-0.39, 0.29) is 0 Å². The predicted molar refractivity (Wildman–Crippen MR) is 117 cm³/mol. The standard InChI is InChI=1S/C19H14N6.CH3I/c1-3-13-8-4-5-9-14(13)17-21-16-11-7-6-10-15(16)18(22-17)23-19-20-12(2)24-25-19;1-2/h1,4-11H,2H3,(H2,20,21,22,23,24,25);1H3. The molecule has 7 heteroatoms. The van der Waals surface area contributed by atoms with Gasteiger partial charge >= 0.3 is 0 Å². The molecule has 0 aliphatic rings. The van der Waals surface area contributed by atoms with Crippen molar-refractivity contribution in [3.05, 3.63) is 59.9 Å². The van der Waals surface area contributed by atoms with Crippen LogP contribution in [0.15, 0.2) is 48.5 Å². The third-order valence-electron chi connectivity index (χ3n) is 3.75. The Morgan fingerprint density at radius 3 is 2.48 bits per heavy atom. The molecule has 0 spiro atoms. The van der Waals surface area contributed by atoms with Crippen molar-refractivity contribution >= 4 is 45.3 Å². The van der Waals surface area contributed by atoms with Gasteiger partial charge in [-0.25, -0.2) is 9.97 Å². The second-order valence-electron chi connectivity index (χ2n) is 5.47. The SMILES string of the molecule is C#Cc1ccccc1-c1nc(Nc2n[nH]c(C)n2)c2ccccc2n1.CI. The van der Waals surface area contributed by atoms with Gasteiger partial charge in [-0.1, -0.05) is 52.8 Å². The van der Waals surface area contributed by atoms with Crippen molar-refractivity contribution < 1.29 is 0 Å². The highest BCUT2D eigenvalue weighted by molar-refractivity contribution is 14.1. The van der Waals surface area contributed by atoms with E-state index in [0.717, 1.165) is 27.9 Å². The van der Waals surface area contributed by atoms with E-state index in [9.17, 15) is 0 Å². The number of nitrogens with zero attached hydrogens (tertiary/aromatic N) is 4. The largest absolute Gasteiger partial charge is 0.307 e. The third kappa shape index (κ3) is 4.06. The fourth-order valence-corrected chi connectivity index (χ4v) is 2.60. The Kier molecular flexibility index (Phi) is 5.98. The van der Waals surface area contributed by atoms with Crippen molar-refractivity contribution in [3.8, 4) is 23.7 Å². The van der Waals surface area contributed by atoms with Crippen LogP contribution in [0.5, 0.6) is 0 Å². The van der Waals surface area contributed by atoms with Gasteiger partial charge in [-0.3, -0.25) is 5.10 Å². The molecule has 0 atom stereocenters. The number of aryl methyl sites for hydroxylation is 1. The number of alkyl halides is 1. The number of nitrogens with one attached hydrogen (secondary N) is 2. The number of fused-ring (bicyclic) bond motifs is 1. The molecular weight excluding hydrogens is 451 g/mol. The molecule has 2 N–H and O–H groups in total.